The minimum atomic E-state index is -3.61. The van der Waals surface area contributed by atoms with Gasteiger partial charge in [-0.25, -0.2) is 8.42 Å². The van der Waals surface area contributed by atoms with Gasteiger partial charge in [0.2, 0.25) is 5.91 Å². The van der Waals surface area contributed by atoms with Crippen LogP contribution in [0.25, 0.3) is 0 Å². The Morgan fingerprint density at radius 1 is 1.42 bits per heavy atom. The predicted octanol–water partition coefficient (Wildman–Crippen LogP) is 0.979. The molecule has 19 heavy (non-hydrogen) atoms. The first-order valence-electron chi connectivity index (χ1n) is 5.40. The molecule has 1 aliphatic rings. The molecule has 2 rings (SSSR count). The molecule has 1 aliphatic heterocycles. The van der Waals surface area contributed by atoms with Gasteiger partial charge in [0, 0.05) is 4.90 Å². The van der Waals surface area contributed by atoms with E-state index in [9.17, 15) is 18.0 Å². The largest absolute Gasteiger partial charge is 0.481 e. The van der Waals surface area contributed by atoms with Gasteiger partial charge in [-0.3, -0.25) is 9.59 Å². The van der Waals surface area contributed by atoms with Crippen molar-refractivity contribution in [1.82, 2.24) is 0 Å². The number of amides is 1. The lowest BCUT2D eigenvalue weighted by Gasteiger charge is -2.16. The van der Waals surface area contributed by atoms with Gasteiger partial charge in [-0.05, 0) is 18.2 Å². The molecule has 0 bridgehead atoms. The number of anilines is 1. The lowest BCUT2D eigenvalue weighted by Crippen LogP contribution is -2.19. The number of benzene rings is 1. The van der Waals surface area contributed by atoms with E-state index >= 15 is 0 Å². The van der Waals surface area contributed by atoms with Crippen LogP contribution >= 0.6 is 11.8 Å². The van der Waals surface area contributed by atoms with E-state index in [1.165, 1.54) is 30.0 Å². The molecule has 0 aliphatic carbocycles. The van der Waals surface area contributed by atoms with Crippen molar-refractivity contribution >= 4 is 39.2 Å². The summed E-state index contributed by atoms with van der Waals surface area (Å²) in [6.07, 6.45) is -0.427. The summed E-state index contributed by atoms with van der Waals surface area (Å²) in [7, 11) is -3.61. The molecule has 0 unspecified atom stereocenters. The smallest absolute Gasteiger partial charge is 0.304 e. The number of nitrogens with one attached hydrogen (secondary N) is 1. The van der Waals surface area contributed by atoms with Gasteiger partial charge in [0.15, 0.2) is 9.84 Å². The highest BCUT2D eigenvalue weighted by Crippen LogP contribution is 2.33. The van der Waals surface area contributed by atoms with Crippen LogP contribution in [0, 0.1) is 0 Å². The van der Waals surface area contributed by atoms with Crippen molar-refractivity contribution in [2.24, 2.45) is 0 Å². The molecule has 1 amide bonds. The second-order valence-electron chi connectivity index (χ2n) is 3.96. The predicted molar refractivity (Wildman–Crippen MR) is 70.1 cm³/mol. The molecule has 2 N–H and O–H groups in total. The molecule has 0 spiro atoms. The Labute approximate surface area is 114 Å². The maximum atomic E-state index is 11.9. The summed E-state index contributed by atoms with van der Waals surface area (Å²) in [4.78, 5) is 22.4. The van der Waals surface area contributed by atoms with E-state index in [1.54, 1.807) is 0 Å². The number of aliphatic carboxylic acids is 1. The first-order chi connectivity index (χ1) is 8.88. The Morgan fingerprint density at radius 3 is 2.84 bits per heavy atom. The summed E-state index contributed by atoms with van der Waals surface area (Å²) in [6.45, 7) is 0. The summed E-state index contributed by atoms with van der Waals surface area (Å²) in [6, 6.07) is 4.37. The van der Waals surface area contributed by atoms with Crippen LogP contribution in [0.15, 0.2) is 28.0 Å². The minimum absolute atomic E-state index is 0.0798. The van der Waals surface area contributed by atoms with Crippen molar-refractivity contribution < 1.29 is 23.1 Å². The van der Waals surface area contributed by atoms with Gasteiger partial charge < -0.3 is 10.4 Å². The van der Waals surface area contributed by atoms with E-state index in [1.807, 2.05) is 0 Å². The lowest BCUT2D eigenvalue weighted by molar-refractivity contribution is -0.136. The van der Waals surface area contributed by atoms with Gasteiger partial charge in [-0.15, -0.1) is 11.8 Å². The molecule has 1 aromatic rings. The number of hydrogen-bond donors (Lipinski definition) is 2. The van der Waals surface area contributed by atoms with Crippen molar-refractivity contribution in [3.05, 3.63) is 18.2 Å². The first-order valence-corrected chi connectivity index (χ1v) is 8.03. The van der Waals surface area contributed by atoms with Crippen LogP contribution < -0.4 is 5.32 Å². The maximum Gasteiger partial charge on any atom is 0.304 e. The third-order valence-electron chi connectivity index (χ3n) is 2.53. The van der Waals surface area contributed by atoms with Crippen molar-refractivity contribution in [3.63, 3.8) is 0 Å². The van der Waals surface area contributed by atoms with Crippen LogP contribution in [0.1, 0.15) is 6.42 Å². The first kappa shape index (κ1) is 13.9. The standard InChI is InChI=1S/C11H11NO5S2/c13-10-6-18-9-5-7(1-2-8(9)12-10)19(16,17)4-3-11(14)15/h1-2,5H,3-4,6H2,(H,12,13)(H,14,15). The van der Waals surface area contributed by atoms with Crippen molar-refractivity contribution in [2.75, 3.05) is 16.8 Å². The highest BCUT2D eigenvalue weighted by atomic mass is 32.2. The second-order valence-corrected chi connectivity index (χ2v) is 7.08. The Morgan fingerprint density at radius 2 is 2.16 bits per heavy atom. The van der Waals surface area contributed by atoms with Gasteiger partial charge in [0.1, 0.15) is 0 Å². The normalized spacial score (nSPS) is 14.6. The topological polar surface area (TPSA) is 101 Å². The molecule has 6 nitrogen and oxygen atoms in total. The maximum absolute atomic E-state index is 11.9. The number of thioether (sulfide) groups is 1. The third-order valence-corrected chi connectivity index (χ3v) is 5.30. The van der Waals surface area contributed by atoms with Crippen molar-refractivity contribution in [3.8, 4) is 0 Å². The third kappa shape index (κ3) is 3.27. The van der Waals surface area contributed by atoms with E-state index in [0.717, 1.165) is 0 Å². The number of hydrogen-bond acceptors (Lipinski definition) is 5. The van der Waals surface area contributed by atoms with Gasteiger partial charge in [0.05, 0.1) is 28.5 Å². The Bertz CT molecular complexity index is 638. The zero-order valence-electron chi connectivity index (χ0n) is 9.75. The number of carbonyl (C=O) groups excluding carboxylic acids is 1. The summed E-state index contributed by atoms with van der Waals surface area (Å²) in [5.41, 5.74) is 0.582. The van der Waals surface area contributed by atoms with Crippen LogP contribution in [0.2, 0.25) is 0 Å². The van der Waals surface area contributed by atoms with Crippen molar-refractivity contribution in [2.45, 2.75) is 16.2 Å². The zero-order chi connectivity index (χ0) is 14.0. The average molecular weight is 301 g/mol. The van der Waals surface area contributed by atoms with E-state index in [4.69, 9.17) is 5.11 Å². The summed E-state index contributed by atoms with van der Waals surface area (Å²) in [5.74, 6) is -1.47. The molecule has 0 aromatic heterocycles. The molecule has 1 heterocycles. The van der Waals surface area contributed by atoms with Crippen LogP contribution in [0.4, 0.5) is 5.69 Å². The second kappa shape index (κ2) is 5.22. The molecule has 0 atom stereocenters. The molecule has 8 heteroatoms. The SMILES string of the molecule is O=C(O)CCS(=O)(=O)c1ccc2c(c1)SCC(=O)N2. The fraction of sp³-hybridized carbons (Fsp3) is 0.273. The molecule has 0 saturated carbocycles. The molecule has 0 radical (unpaired) electrons. The van der Waals surface area contributed by atoms with Gasteiger partial charge in [-0.2, -0.15) is 0 Å². The molecule has 0 saturated heterocycles. The van der Waals surface area contributed by atoms with E-state index in [-0.39, 0.29) is 16.6 Å². The fourth-order valence-corrected chi connectivity index (χ4v) is 3.76. The minimum Gasteiger partial charge on any atom is -0.481 e. The molecular weight excluding hydrogens is 290 g/mol. The average Bonchev–Trinajstić information content (AvgIpc) is 2.36. The van der Waals surface area contributed by atoms with Crippen LogP contribution in [-0.2, 0) is 19.4 Å². The van der Waals surface area contributed by atoms with Crippen molar-refractivity contribution in [1.29, 1.82) is 0 Å². The molecule has 1 aromatic carbocycles. The van der Waals surface area contributed by atoms with E-state index < -0.39 is 28.0 Å². The van der Waals surface area contributed by atoms with E-state index in [0.29, 0.717) is 10.6 Å². The van der Waals surface area contributed by atoms with Crippen LogP contribution in [0.3, 0.4) is 0 Å². The van der Waals surface area contributed by atoms with Gasteiger partial charge >= 0.3 is 5.97 Å². The van der Waals surface area contributed by atoms with Gasteiger partial charge in [-0.1, -0.05) is 0 Å². The Hall–Kier alpha value is -1.54. The zero-order valence-corrected chi connectivity index (χ0v) is 11.4. The fourth-order valence-electron chi connectivity index (χ4n) is 1.59. The number of carbonyl (C=O) groups is 2. The lowest BCUT2D eigenvalue weighted by atomic mass is 10.3. The molecular formula is C11H11NO5S2. The summed E-state index contributed by atoms with van der Waals surface area (Å²) >= 11 is 1.26. The number of fused-ring (bicyclic) bond motifs is 1. The number of carboxylic acid groups (broad SMARTS) is 1. The van der Waals surface area contributed by atoms with Crippen LogP contribution in [0.5, 0.6) is 0 Å². The Kier molecular flexibility index (Phi) is 3.81. The highest BCUT2D eigenvalue weighted by molar-refractivity contribution is 8.00. The quantitative estimate of drug-likeness (QED) is 0.859. The Balaban J connectivity index is 2.27. The summed E-state index contributed by atoms with van der Waals surface area (Å²) in [5, 5.41) is 11.2. The monoisotopic (exact) mass is 301 g/mol. The highest BCUT2D eigenvalue weighted by Gasteiger charge is 2.21. The van der Waals surface area contributed by atoms with Crippen LogP contribution in [-0.4, -0.2) is 36.9 Å². The number of rotatable bonds is 4. The molecule has 0 fully saturated rings. The van der Waals surface area contributed by atoms with E-state index in [2.05, 4.69) is 5.32 Å². The molecule has 102 valence electrons. The van der Waals surface area contributed by atoms with Gasteiger partial charge in [0.25, 0.3) is 0 Å². The summed E-state index contributed by atoms with van der Waals surface area (Å²) < 4.78 is 23.9. The number of carboxylic acids is 1. The number of sulfone groups is 1.